The molecule has 1 aliphatic rings. The smallest absolute Gasteiger partial charge is 0.143 e. The molecule has 98 valence electrons. The predicted octanol–water partition coefficient (Wildman–Crippen LogP) is 3.64. The minimum atomic E-state index is -0.487. The molecule has 0 amide bonds. The highest BCUT2D eigenvalue weighted by atomic mass is 35.5. The molecule has 19 heavy (non-hydrogen) atoms. The van der Waals surface area contributed by atoms with E-state index in [-0.39, 0.29) is 11.1 Å². The summed E-state index contributed by atoms with van der Waals surface area (Å²) in [6.07, 6.45) is 1.90. The Labute approximate surface area is 116 Å². The third-order valence-corrected chi connectivity index (χ3v) is 3.79. The number of anilines is 2. The summed E-state index contributed by atoms with van der Waals surface area (Å²) in [4.78, 5) is 0. The monoisotopic (exact) mass is 276 g/mol. The lowest BCUT2D eigenvalue weighted by molar-refractivity contribution is 0.629. The highest BCUT2D eigenvalue weighted by molar-refractivity contribution is 6.31. The first kappa shape index (κ1) is 12.3. The van der Waals surface area contributed by atoms with Crippen LogP contribution in [0.4, 0.5) is 15.8 Å². The lowest BCUT2D eigenvalue weighted by Gasteiger charge is -2.16. The number of nitrogens with two attached hydrogens (primary N) is 1. The van der Waals surface area contributed by atoms with Crippen LogP contribution in [-0.4, -0.2) is 6.04 Å². The predicted molar refractivity (Wildman–Crippen MR) is 77.1 cm³/mol. The Hall–Kier alpha value is -1.74. The van der Waals surface area contributed by atoms with Gasteiger partial charge < -0.3 is 11.1 Å². The van der Waals surface area contributed by atoms with Crippen molar-refractivity contribution in [3.8, 4) is 0 Å². The van der Waals surface area contributed by atoms with Crippen molar-refractivity contribution in [2.24, 2.45) is 0 Å². The molecule has 2 aromatic rings. The Morgan fingerprint density at radius 1 is 1.16 bits per heavy atom. The molecule has 2 aromatic carbocycles. The molecule has 3 N–H and O–H groups in total. The van der Waals surface area contributed by atoms with Crippen molar-refractivity contribution in [3.05, 3.63) is 58.4 Å². The molecule has 0 atom stereocenters. The average Bonchev–Trinajstić information content (AvgIpc) is 2.78. The van der Waals surface area contributed by atoms with Crippen LogP contribution in [-0.2, 0) is 12.8 Å². The van der Waals surface area contributed by atoms with E-state index in [1.54, 1.807) is 6.07 Å². The second-order valence-corrected chi connectivity index (χ2v) is 5.28. The third kappa shape index (κ3) is 2.38. The van der Waals surface area contributed by atoms with E-state index in [1.807, 2.05) is 12.1 Å². The molecule has 2 nitrogen and oxygen atoms in total. The van der Waals surface area contributed by atoms with Crippen molar-refractivity contribution < 1.29 is 4.39 Å². The standard InChI is InChI=1S/C15H14ClFN2/c16-12-7-15(14(18)8-13(12)17)19-11-5-9-3-1-2-4-10(9)6-11/h1-4,7-8,11,19H,5-6,18H2. The molecule has 0 bridgehead atoms. The highest BCUT2D eigenvalue weighted by Gasteiger charge is 2.21. The Balaban J connectivity index is 1.79. The molecular formula is C15H14ClFN2. The number of nitrogens with one attached hydrogen (secondary N) is 1. The van der Waals surface area contributed by atoms with E-state index in [4.69, 9.17) is 17.3 Å². The first-order valence-corrected chi connectivity index (χ1v) is 6.59. The molecule has 0 saturated carbocycles. The van der Waals surface area contributed by atoms with Gasteiger partial charge in [-0.15, -0.1) is 0 Å². The van der Waals surface area contributed by atoms with Crippen molar-refractivity contribution in [2.45, 2.75) is 18.9 Å². The molecule has 0 spiro atoms. The summed E-state index contributed by atoms with van der Waals surface area (Å²) in [5.41, 5.74) is 9.60. The SMILES string of the molecule is Nc1cc(F)c(Cl)cc1NC1Cc2ccccc2C1. The molecule has 3 rings (SSSR count). The van der Waals surface area contributed by atoms with Crippen LogP contribution in [0.25, 0.3) is 0 Å². The van der Waals surface area contributed by atoms with E-state index >= 15 is 0 Å². The van der Waals surface area contributed by atoms with Gasteiger partial charge in [-0.3, -0.25) is 0 Å². The largest absolute Gasteiger partial charge is 0.397 e. The van der Waals surface area contributed by atoms with Gasteiger partial charge in [0, 0.05) is 12.1 Å². The van der Waals surface area contributed by atoms with Crippen molar-refractivity contribution in [2.75, 3.05) is 11.1 Å². The van der Waals surface area contributed by atoms with Crippen LogP contribution in [0.15, 0.2) is 36.4 Å². The topological polar surface area (TPSA) is 38.0 Å². The Morgan fingerprint density at radius 3 is 2.42 bits per heavy atom. The van der Waals surface area contributed by atoms with Gasteiger partial charge in [-0.05, 0) is 30.0 Å². The molecule has 0 aromatic heterocycles. The van der Waals surface area contributed by atoms with Crippen LogP contribution in [0.5, 0.6) is 0 Å². The fourth-order valence-electron chi connectivity index (χ4n) is 2.57. The minimum Gasteiger partial charge on any atom is -0.397 e. The summed E-state index contributed by atoms with van der Waals surface area (Å²) in [5.74, 6) is -0.487. The number of benzene rings is 2. The first-order chi connectivity index (χ1) is 9.13. The molecule has 0 aliphatic heterocycles. The van der Waals surface area contributed by atoms with Crippen molar-refractivity contribution >= 4 is 23.0 Å². The van der Waals surface area contributed by atoms with Gasteiger partial charge >= 0.3 is 0 Å². The van der Waals surface area contributed by atoms with Crippen LogP contribution < -0.4 is 11.1 Å². The van der Waals surface area contributed by atoms with Crippen molar-refractivity contribution in [3.63, 3.8) is 0 Å². The second-order valence-electron chi connectivity index (χ2n) is 4.87. The Morgan fingerprint density at radius 2 is 1.79 bits per heavy atom. The second kappa shape index (κ2) is 4.74. The maximum absolute atomic E-state index is 13.2. The van der Waals surface area contributed by atoms with E-state index < -0.39 is 5.82 Å². The number of hydrogen-bond acceptors (Lipinski definition) is 2. The van der Waals surface area contributed by atoms with Crippen LogP contribution >= 0.6 is 11.6 Å². The lowest BCUT2D eigenvalue weighted by Crippen LogP contribution is -2.20. The lowest BCUT2D eigenvalue weighted by atomic mass is 10.1. The van der Waals surface area contributed by atoms with Gasteiger partial charge in [-0.25, -0.2) is 4.39 Å². The number of fused-ring (bicyclic) bond motifs is 1. The van der Waals surface area contributed by atoms with E-state index in [0.29, 0.717) is 11.4 Å². The maximum atomic E-state index is 13.2. The van der Waals surface area contributed by atoms with Crippen molar-refractivity contribution in [1.82, 2.24) is 0 Å². The summed E-state index contributed by atoms with van der Waals surface area (Å²) in [6.45, 7) is 0. The number of rotatable bonds is 2. The zero-order valence-electron chi connectivity index (χ0n) is 10.3. The minimum absolute atomic E-state index is 0.0900. The zero-order chi connectivity index (χ0) is 13.4. The van der Waals surface area contributed by atoms with Gasteiger partial charge in [0.2, 0.25) is 0 Å². The van der Waals surface area contributed by atoms with E-state index in [9.17, 15) is 4.39 Å². The molecule has 1 aliphatic carbocycles. The van der Waals surface area contributed by atoms with E-state index in [2.05, 4.69) is 17.4 Å². The van der Waals surface area contributed by atoms with Gasteiger partial charge in [0.15, 0.2) is 0 Å². The van der Waals surface area contributed by atoms with Gasteiger partial charge in [0.05, 0.1) is 16.4 Å². The third-order valence-electron chi connectivity index (χ3n) is 3.50. The summed E-state index contributed by atoms with van der Waals surface area (Å²) in [5, 5.41) is 3.44. The molecule has 0 saturated heterocycles. The molecular weight excluding hydrogens is 263 g/mol. The normalized spacial score (nSPS) is 14.4. The van der Waals surface area contributed by atoms with E-state index in [1.165, 1.54) is 17.2 Å². The molecule has 0 radical (unpaired) electrons. The van der Waals surface area contributed by atoms with Crippen LogP contribution in [0.2, 0.25) is 5.02 Å². The molecule has 0 fully saturated rings. The quantitative estimate of drug-likeness (QED) is 0.822. The fraction of sp³-hybridized carbons (Fsp3) is 0.200. The summed E-state index contributed by atoms with van der Waals surface area (Å²) >= 11 is 5.79. The van der Waals surface area contributed by atoms with Gasteiger partial charge in [-0.2, -0.15) is 0 Å². The van der Waals surface area contributed by atoms with Crippen LogP contribution in [0.3, 0.4) is 0 Å². The number of halogens is 2. The molecule has 4 heteroatoms. The zero-order valence-corrected chi connectivity index (χ0v) is 11.0. The summed E-state index contributed by atoms with van der Waals surface area (Å²) in [7, 11) is 0. The Kier molecular flexibility index (Phi) is 3.07. The van der Waals surface area contributed by atoms with Crippen LogP contribution in [0.1, 0.15) is 11.1 Å². The Bertz CT molecular complexity index is 603. The van der Waals surface area contributed by atoms with Gasteiger partial charge in [0.1, 0.15) is 5.82 Å². The average molecular weight is 277 g/mol. The summed E-state index contributed by atoms with van der Waals surface area (Å²) in [6, 6.07) is 11.5. The van der Waals surface area contributed by atoms with Gasteiger partial charge in [0.25, 0.3) is 0 Å². The summed E-state index contributed by atoms with van der Waals surface area (Å²) < 4.78 is 13.2. The molecule has 0 unspecified atom stereocenters. The molecule has 0 heterocycles. The number of nitrogen functional groups attached to an aromatic ring is 1. The van der Waals surface area contributed by atoms with Gasteiger partial charge in [-0.1, -0.05) is 35.9 Å². The maximum Gasteiger partial charge on any atom is 0.143 e. The van der Waals surface area contributed by atoms with E-state index in [0.717, 1.165) is 12.8 Å². The number of hydrogen-bond donors (Lipinski definition) is 2. The fourth-order valence-corrected chi connectivity index (χ4v) is 2.73. The first-order valence-electron chi connectivity index (χ1n) is 6.21. The van der Waals surface area contributed by atoms with Crippen LogP contribution in [0, 0.1) is 5.82 Å². The highest BCUT2D eigenvalue weighted by Crippen LogP contribution is 2.30. The van der Waals surface area contributed by atoms with Crippen molar-refractivity contribution in [1.29, 1.82) is 0 Å².